The predicted octanol–water partition coefficient (Wildman–Crippen LogP) is 3.56. The molecule has 0 aromatic carbocycles. The quantitative estimate of drug-likeness (QED) is 0.846. The van der Waals surface area contributed by atoms with E-state index >= 15 is 0 Å². The Morgan fingerprint density at radius 1 is 1.30 bits per heavy atom. The molecular weight excluding hydrogens is 268 g/mol. The van der Waals surface area contributed by atoms with E-state index in [1.165, 1.54) is 4.88 Å². The maximum absolute atomic E-state index is 4.62. The SMILES string of the molecule is CCCNc1cc(N(C)Cc2cccs2)nc(CC)n1. The van der Waals surface area contributed by atoms with Crippen molar-refractivity contribution in [1.82, 2.24) is 9.97 Å². The molecule has 0 fully saturated rings. The number of anilines is 2. The van der Waals surface area contributed by atoms with Crippen LogP contribution in [-0.2, 0) is 13.0 Å². The molecule has 108 valence electrons. The molecule has 0 aliphatic heterocycles. The third-order valence-corrected chi connectivity index (χ3v) is 3.86. The van der Waals surface area contributed by atoms with Crippen molar-refractivity contribution in [2.75, 3.05) is 23.8 Å². The Bertz CT molecular complexity index is 525. The third kappa shape index (κ3) is 3.93. The molecule has 2 heterocycles. The Hall–Kier alpha value is -1.62. The van der Waals surface area contributed by atoms with Crippen LogP contribution in [0.3, 0.4) is 0 Å². The predicted molar refractivity (Wildman–Crippen MR) is 86.6 cm³/mol. The van der Waals surface area contributed by atoms with Gasteiger partial charge in [0.25, 0.3) is 0 Å². The van der Waals surface area contributed by atoms with Crippen molar-refractivity contribution in [1.29, 1.82) is 0 Å². The molecule has 0 amide bonds. The first-order valence-corrected chi connectivity index (χ1v) is 7.96. The molecule has 1 N–H and O–H groups in total. The van der Waals surface area contributed by atoms with E-state index in [0.29, 0.717) is 0 Å². The minimum atomic E-state index is 0.849. The summed E-state index contributed by atoms with van der Waals surface area (Å²) in [4.78, 5) is 12.7. The fraction of sp³-hybridized carbons (Fsp3) is 0.467. The van der Waals surface area contributed by atoms with Crippen molar-refractivity contribution in [2.45, 2.75) is 33.2 Å². The van der Waals surface area contributed by atoms with E-state index in [4.69, 9.17) is 0 Å². The monoisotopic (exact) mass is 290 g/mol. The van der Waals surface area contributed by atoms with Crippen LogP contribution in [0.4, 0.5) is 11.6 Å². The zero-order valence-electron chi connectivity index (χ0n) is 12.4. The number of nitrogens with zero attached hydrogens (tertiary/aromatic N) is 3. The Morgan fingerprint density at radius 3 is 2.80 bits per heavy atom. The molecule has 20 heavy (non-hydrogen) atoms. The number of aryl methyl sites for hydroxylation is 1. The smallest absolute Gasteiger partial charge is 0.134 e. The second-order valence-electron chi connectivity index (χ2n) is 4.74. The summed E-state index contributed by atoms with van der Waals surface area (Å²) in [5.41, 5.74) is 0. The normalized spacial score (nSPS) is 10.6. The molecule has 0 saturated carbocycles. The molecule has 0 atom stereocenters. The summed E-state index contributed by atoms with van der Waals surface area (Å²) in [6.45, 7) is 6.06. The van der Waals surface area contributed by atoms with Crippen molar-refractivity contribution >= 4 is 23.0 Å². The van der Waals surface area contributed by atoms with Gasteiger partial charge >= 0.3 is 0 Å². The highest BCUT2D eigenvalue weighted by Crippen LogP contribution is 2.19. The summed E-state index contributed by atoms with van der Waals surface area (Å²) >= 11 is 1.77. The van der Waals surface area contributed by atoms with Gasteiger partial charge in [0, 0.05) is 31.0 Å². The number of nitrogens with one attached hydrogen (secondary N) is 1. The Balaban J connectivity index is 2.16. The van der Waals surface area contributed by atoms with E-state index in [-0.39, 0.29) is 0 Å². The van der Waals surface area contributed by atoms with Crippen molar-refractivity contribution in [3.63, 3.8) is 0 Å². The molecule has 0 spiro atoms. The summed E-state index contributed by atoms with van der Waals surface area (Å²) in [6.07, 6.45) is 1.94. The van der Waals surface area contributed by atoms with Gasteiger partial charge in [-0.25, -0.2) is 9.97 Å². The lowest BCUT2D eigenvalue weighted by Crippen LogP contribution is -2.18. The van der Waals surface area contributed by atoms with Gasteiger partial charge in [0.15, 0.2) is 0 Å². The zero-order chi connectivity index (χ0) is 14.4. The summed E-state index contributed by atoms with van der Waals surface area (Å²) in [5, 5.41) is 5.45. The van der Waals surface area contributed by atoms with Gasteiger partial charge in [-0.3, -0.25) is 0 Å². The van der Waals surface area contributed by atoms with Gasteiger partial charge < -0.3 is 10.2 Å². The molecule has 2 aromatic rings. The first kappa shape index (κ1) is 14.8. The van der Waals surface area contributed by atoms with Crippen LogP contribution >= 0.6 is 11.3 Å². The average molecular weight is 290 g/mol. The number of rotatable bonds is 7. The van der Waals surface area contributed by atoms with Gasteiger partial charge in [0.1, 0.15) is 17.5 Å². The molecule has 2 rings (SSSR count). The van der Waals surface area contributed by atoms with Crippen LogP contribution in [0.5, 0.6) is 0 Å². The Labute approximate surface area is 124 Å². The summed E-state index contributed by atoms with van der Waals surface area (Å²) < 4.78 is 0. The van der Waals surface area contributed by atoms with E-state index in [0.717, 1.165) is 43.4 Å². The van der Waals surface area contributed by atoms with Crippen molar-refractivity contribution in [3.8, 4) is 0 Å². The number of hydrogen-bond acceptors (Lipinski definition) is 5. The molecule has 0 unspecified atom stereocenters. The van der Waals surface area contributed by atoms with E-state index in [1.807, 2.05) is 6.07 Å². The zero-order valence-corrected chi connectivity index (χ0v) is 13.2. The minimum Gasteiger partial charge on any atom is -0.370 e. The highest BCUT2D eigenvalue weighted by Gasteiger charge is 2.08. The van der Waals surface area contributed by atoms with Crippen LogP contribution in [-0.4, -0.2) is 23.6 Å². The highest BCUT2D eigenvalue weighted by molar-refractivity contribution is 7.09. The Kier molecular flexibility index (Phi) is 5.35. The molecule has 0 bridgehead atoms. The highest BCUT2D eigenvalue weighted by atomic mass is 32.1. The molecule has 4 nitrogen and oxygen atoms in total. The third-order valence-electron chi connectivity index (χ3n) is 3.00. The van der Waals surface area contributed by atoms with Crippen molar-refractivity contribution in [2.24, 2.45) is 0 Å². The fourth-order valence-corrected chi connectivity index (χ4v) is 2.65. The van der Waals surface area contributed by atoms with Crippen LogP contribution in [0.15, 0.2) is 23.6 Å². The maximum Gasteiger partial charge on any atom is 0.134 e. The van der Waals surface area contributed by atoms with Gasteiger partial charge in [-0.05, 0) is 17.9 Å². The number of aromatic nitrogens is 2. The first-order valence-electron chi connectivity index (χ1n) is 7.08. The largest absolute Gasteiger partial charge is 0.370 e. The van der Waals surface area contributed by atoms with Crippen LogP contribution in [0.25, 0.3) is 0 Å². The Morgan fingerprint density at radius 2 is 2.15 bits per heavy atom. The van der Waals surface area contributed by atoms with Gasteiger partial charge in [0.05, 0.1) is 6.54 Å². The van der Waals surface area contributed by atoms with E-state index < -0.39 is 0 Å². The molecular formula is C15H22N4S. The fourth-order valence-electron chi connectivity index (χ4n) is 1.90. The second-order valence-corrected chi connectivity index (χ2v) is 5.78. The van der Waals surface area contributed by atoms with E-state index in [1.54, 1.807) is 11.3 Å². The number of thiophene rings is 1. The molecule has 0 radical (unpaired) electrons. The lowest BCUT2D eigenvalue weighted by Gasteiger charge is -2.19. The molecule has 2 aromatic heterocycles. The van der Waals surface area contributed by atoms with Crippen LogP contribution in [0.1, 0.15) is 31.0 Å². The molecule has 5 heteroatoms. The van der Waals surface area contributed by atoms with Crippen molar-refractivity contribution < 1.29 is 0 Å². The topological polar surface area (TPSA) is 41.0 Å². The number of hydrogen-bond donors (Lipinski definition) is 1. The summed E-state index contributed by atoms with van der Waals surface area (Å²) in [7, 11) is 2.07. The molecule has 0 saturated heterocycles. The van der Waals surface area contributed by atoms with Crippen LogP contribution < -0.4 is 10.2 Å². The van der Waals surface area contributed by atoms with Gasteiger partial charge in [0.2, 0.25) is 0 Å². The standard InChI is InChI=1S/C15H22N4S/c1-4-8-16-14-10-15(18-13(5-2)17-14)19(3)11-12-7-6-9-20-12/h6-7,9-10H,4-5,8,11H2,1-3H3,(H,16,17,18). The summed E-state index contributed by atoms with van der Waals surface area (Å²) in [6, 6.07) is 6.27. The lowest BCUT2D eigenvalue weighted by atomic mass is 10.3. The van der Waals surface area contributed by atoms with E-state index in [2.05, 4.69) is 58.6 Å². The molecule has 0 aliphatic rings. The lowest BCUT2D eigenvalue weighted by molar-refractivity contribution is 0.862. The molecule has 0 aliphatic carbocycles. The summed E-state index contributed by atoms with van der Waals surface area (Å²) in [5.74, 6) is 2.79. The maximum atomic E-state index is 4.62. The van der Waals surface area contributed by atoms with Crippen LogP contribution in [0, 0.1) is 0 Å². The average Bonchev–Trinajstić information content (AvgIpc) is 2.97. The van der Waals surface area contributed by atoms with Gasteiger partial charge in [-0.15, -0.1) is 11.3 Å². The van der Waals surface area contributed by atoms with Gasteiger partial charge in [-0.2, -0.15) is 0 Å². The van der Waals surface area contributed by atoms with Crippen molar-refractivity contribution in [3.05, 3.63) is 34.3 Å². The second kappa shape index (κ2) is 7.24. The van der Waals surface area contributed by atoms with Crippen LogP contribution in [0.2, 0.25) is 0 Å². The van der Waals surface area contributed by atoms with E-state index in [9.17, 15) is 0 Å². The first-order chi connectivity index (χ1) is 9.72. The van der Waals surface area contributed by atoms with Gasteiger partial charge in [-0.1, -0.05) is 19.9 Å². The minimum absolute atomic E-state index is 0.849.